The summed E-state index contributed by atoms with van der Waals surface area (Å²) in [6.07, 6.45) is 7.64. The van der Waals surface area contributed by atoms with Gasteiger partial charge in [-0.15, -0.1) is 0 Å². The number of hydrogen-bond acceptors (Lipinski definition) is 5. The molecule has 158 valence electrons. The number of nitrogens with one attached hydrogen (secondary N) is 2. The smallest absolute Gasteiger partial charge is 0.267 e. The number of hydrogen-bond donors (Lipinski definition) is 2. The van der Waals surface area contributed by atoms with E-state index in [9.17, 15) is 17.6 Å². The number of piperidine rings is 1. The number of rotatable bonds is 7. The molecule has 0 spiro atoms. The molecule has 2 aliphatic carbocycles. The van der Waals surface area contributed by atoms with Crippen LogP contribution in [0.5, 0.6) is 5.75 Å². The maximum atomic E-state index is 14.7. The molecule has 0 unspecified atom stereocenters. The van der Waals surface area contributed by atoms with Gasteiger partial charge in [-0.2, -0.15) is 0 Å². The Kier molecular flexibility index (Phi) is 4.81. The Morgan fingerprint density at radius 3 is 2.41 bits per heavy atom. The highest BCUT2D eigenvalue weighted by Crippen LogP contribution is 2.45. The van der Waals surface area contributed by atoms with Crippen LogP contribution in [-0.2, 0) is 10.0 Å². The first kappa shape index (κ1) is 19.3. The molecule has 3 atom stereocenters. The van der Waals surface area contributed by atoms with Crippen molar-refractivity contribution < 1.29 is 22.3 Å². The number of benzene rings is 1. The van der Waals surface area contributed by atoms with Crippen LogP contribution in [0.2, 0.25) is 0 Å². The Morgan fingerprint density at radius 1 is 1.10 bits per heavy atom. The first-order valence-corrected chi connectivity index (χ1v) is 12.2. The second-order valence-electron chi connectivity index (χ2n) is 9.11. The van der Waals surface area contributed by atoms with Gasteiger partial charge in [-0.25, -0.2) is 17.5 Å². The van der Waals surface area contributed by atoms with Crippen molar-refractivity contribution >= 4 is 15.9 Å². The summed E-state index contributed by atoms with van der Waals surface area (Å²) in [4.78, 5) is 12.4. The van der Waals surface area contributed by atoms with E-state index in [2.05, 4.69) is 5.32 Å². The SMILES string of the molecule is O=C(NS(=O)(=O)C1CC1)c1cc(C2CC2)c(OC[C@@H]2C[C@H]3CC[C@@H](C2)N3)cc1F. The van der Waals surface area contributed by atoms with E-state index < -0.39 is 27.0 Å². The van der Waals surface area contributed by atoms with E-state index in [4.69, 9.17) is 4.74 Å². The summed E-state index contributed by atoms with van der Waals surface area (Å²) in [7, 11) is -3.71. The summed E-state index contributed by atoms with van der Waals surface area (Å²) in [5.41, 5.74) is 0.598. The normalized spacial score (nSPS) is 28.9. The molecule has 8 heteroatoms. The fourth-order valence-corrected chi connectivity index (χ4v) is 6.04. The topological polar surface area (TPSA) is 84.5 Å². The summed E-state index contributed by atoms with van der Waals surface area (Å²) >= 11 is 0. The van der Waals surface area contributed by atoms with E-state index in [0.717, 1.165) is 31.2 Å². The predicted molar refractivity (Wildman–Crippen MR) is 106 cm³/mol. The van der Waals surface area contributed by atoms with Crippen LogP contribution in [0.4, 0.5) is 4.39 Å². The molecule has 0 radical (unpaired) electrons. The molecule has 1 amide bonds. The second-order valence-corrected chi connectivity index (χ2v) is 11.1. The lowest BCUT2D eigenvalue weighted by Gasteiger charge is -2.29. The Morgan fingerprint density at radius 2 is 1.79 bits per heavy atom. The molecule has 2 saturated heterocycles. The van der Waals surface area contributed by atoms with Gasteiger partial charge in [-0.3, -0.25) is 4.79 Å². The van der Waals surface area contributed by atoms with E-state index in [0.29, 0.717) is 43.2 Å². The molecule has 4 aliphatic rings. The first-order valence-electron chi connectivity index (χ1n) is 10.7. The van der Waals surface area contributed by atoms with Crippen molar-refractivity contribution in [1.29, 1.82) is 0 Å². The standard InChI is InChI=1S/C21H27FN2O4S/c22-19-10-20(28-11-12-7-14-3-4-15(8-12)23-14)17(13-1-2-13)9-18(19)21(25)24-29(26,27)16-5-6-16/h9-10,12-16,23H,1-8,11H2,(H,24,25)/t12-,14-,15+. The van der Waals surface area contributed by atoms with Crippen molar-refractivity contribution in [3.63, 3.8) is 0 Å². The molecule has 29 heavy (non-hydrogen) atoms. The van der Waals surface area contributed by atoms with Gasteiger partial charge in [0.25, 0.3) is 5.91 Å². The molecular weight excluding hydrogens is 395 g/mol. The van der Waals surface area contributed by atoms with Gasteiger partial charge in [-0.1, -0.05) is 0 Å². The highest BCUT2D eigenvalue weighted by Gasteiger charge is 2.38. The van der Waals surface area contributed by atoms with Crippen LogP contribution >= 0.6 is 0 Å². The van der Waals surface area contributed by atoms with Crippen molar-refractivity contribution in [1.82, 2.24) is 10.0 Å². The number of carbonyl (C=O) groups excluding carboxylic acids is 1. The quantitative estimate of drug-likeness (QED) is 0.706. The third-order valence-corrected chi connectivity index (χ3v) is 8.42. The second kappa shape index (κ2) is 7.23. The summed E-state index contributed by atoms with van der Waals surface area (Å²) in [5, 5.41) is 3.08. The molecule has 2 saturated carbocycles. The number of halogens is 1. The number of sulfonamides is 1. The highest BCUT2D eigenvalue weighted by molar-refractivity contribution is 7.91. The molecule has 1 aromatic rings. The van der Waals surface area contributed by atoms with Gasteiger partial charge in [0.1, 0.15) is 11.6 Å². The Hall–Kier alpha value is -1.67. The van der Waals surface area contributed by atoms with E-state index in [1.54, 1.807) is 0 Å². The van der Waals surface area contributed by atoms with Gasteiger partial charge in [-0.05, 0) is 74.8 Å². The minimum atomic E-state index is -3.71. The predicted octanol–water partition coefficient (Wildman–Crippen LogP) is 2.83. The molecule has 5 rings (SSSR count). The number of fused-ring (bicyclic) bond motifs is 2. The van der Waals surface area contributed by atoms with E-state index in [1.165, 1.54) is 25.0 Å². The van der Waals surface area contributed by atoms with E-state index in [1.807, 2.05) is 4.72 Å². The average Bonchev–Trinajstić information content (AvgIpc) is 3.57. The molecule has 2 aliphatic heterocycles. The van der Waals surface area contributed by atoms with Crippen LogP contribution in [0.15, 0.2) is 12.1 Å². The van der Waals surface area contributed by atoms with Gasteiger partial charge in [0, 0.05) is 18.2 Å². The average molecular weight is 423 g/mol. The number of ether oxygens (including phenoxy) is 1. The maximum Gasteiger partial charge on any atom is 0.267 e. The van der Waals surface area contributed by atoms with Crippen LogP contribution in [0.1, 0.15) is 73.2 Å². The van der Waals surface area contributed by atoms with Crippen molar-refractivity contribution in [3.05, 3.63) is 29.1 Å². The Bertz CT molecular complexity index is 915. The first-order chi connectivity index (χ1) is 13.9. The van der Waals surface area contributed by atoms with E-state index in [-0.39, 0.29) is 11.5 Å². The summed E-state index contributed by atoms with van der Waals surface area (Å²) < 4.78 is 46.9. The fraction of sp³-hybridized carbons (Fsp3) is 0.667. The lowest BCUT2D eigenvalue weighted by Crippen LogP contribution is -2.39. The number of amides is 1. The van der Waals surface area contributed by atoms with Crippen LogP contribution < -0.4 is 14.8 Å². The van der Waals surface area contributed by atoms with Crippen LogP contribution in [0.3, 0.4) is 0 Å². The van der Waals surface area contributed by atoms with Crippen molar-refractivity contribution in [2.45, 2.75) is 74.6 Å². The maximum absolute atomic E-state index is 14.7. The van der Waals surface area contributed by atoms with Crippen LogP contribution in [0, 0.1) is 11.7 Å². The largest absolute Gasteiger partial charge is 0.493 e. The van der Waals surface area contributed by atoms with Crippen molar-refractivity contribution in [3.8, 4) is 5.75 Å². The summed E-state index contributed by atoms with van der Waals surface area (Å²) in [6.45, 7) is 0.551. The molecule has 0 aromatic heterocycles. The lowest BCUT2D eigenvalue weighted by molar-refractivity contribution is 0.0977. The molecular formula is C21H27FN2O4S. The number of carbonyl (C=O) groups is 1. The van der Waals surface area contributed by atoms with Gasteiger partial charge >= 0.3 is 0 Å². The van der Waals surface area contributed by atoms with Gasteiger partial charge in [0.05, 0.1) is 17.4 Å². The molecule has 2 bridgehead atoms. The fourth-order valence-electron chi connectivity index (χ4n) is 4.75. The van der Waals surface area contributed by atoms with Crippen LogP contribution in [-0.4, -0.2) is 38.3 Å². The summed E-state index contributed by atoms with van der Waals surface area (Å²) in [6, 6.07) is 3.90. The lowest BCUT2D eigenvalue weighted by atomic mass is 9.93. The Balaban J connectivity index is 1.32. The zero-order valence-electron chi connectivity index (χ0n) is 16.3. The third-order valence-electron chi connectivity index (χ3n) is 6.60. The highest BCUT2D eigenvalue weighted by atomic mass is 32.2. The Labute approximate surface area is 170 Å². The molecule has 2 N–H and O–H groups in total. The van der Waals surface area contributed by atoms with Gasteiger partial charge < -0.3 is 10.1 Å². The van der Waals surface area contributed by atoms with E-state index >= 15 is 0 Å². The van der Waals surface area contributed by atoms with Crippen molar-refractivity contribution in [2.24, 2.45) is 5.92 Å². The zero-order chi connectivity index (χ0) is 20.2. The minimum absolute atomic E-state index is 0.219. The third kappa shape index (κ3) is 4.14. The molecule has 4 fully saturated rings. The van der Waals surface area contributed by atoms with Crippen molar-refractivity contribution in [2.75, 3.05) is 6.61 Å². The molecule has 6 nitrogen and oxygen atoms in total. The van der Waals surface area contributed by atoms with Gasteiger partial charge in [0.2, 0.25) is 10.0 Å². The molecule has 1 aromatic carbocycles. The van der Waals surface area contributed by atoms with Crippen LogP contribution in [0.25, 0.3) is 0 Å². The minimum Gasteiger partial charge on any atom is -0.493 e. The summed E-state index contributed by atoms with van der Waals surface area (Å²) in [5.74, 6) is -0.426. The monoisotopic (exact) mass is 422 g/mol. The zero-order valence-corrected chi connectivity index (χ0v) is 17.1. The van der Waals surface area contributed by atoms with Gasteiger partial charge in [0.15, 0.2) is 0 Å². The molecule has 2 heterocycles.